The number of aromatic nitrogens is 2. The van der Waals surface area contributed by atoms with Gasteiger partial charge in [-0.25, -0.2) is 4.98 Å². The van der Waals surface area contributed by atoms with Crippen LogP contribution in [0.2, 0.25) is 0 Å². The van der Waals surface area contributed by atoms with Gasteiger partial charge in [-0.15, -0.1) is 0 Å². The first kappa shape index (κ1) is 15.9. The number of amides is 1. The summed E-state index contributed by atoms with van der Waals surface area (Å²) in [4.78, 5) is 17.1. The van der Waals surface area contributed by atoms with Crippen molar-refractivity contribution >= 4 is 17.0 Å². The molecule has 1 aliphatic rings. The molecule has 1 amide bonds. The molecule has 1 saturated heterocycles. The third-order valence-corrected chi connectivity index (χ3v) is 4.34. The van der Waals surface area contributed by atoms with Gasteiger partial charge >= 0.3 is 0 Å². The van der Waals surface area contributed by atoms with Crippen LogP contribution in [0.15, 0.2) is 10.6 Å². The quantitative estimate of drug-likeness (QED) is 0.905. The van der Waals surface area contributed by atoms with Gasteiger partial charge in [-0.1, -0.05) is 19.0 Å². The minimum Gasteiger partial charge on any atom is -0.352 e. The molecule has 0 radical (unpaired) electrons. The molecule has 0 bridgehead atoms. The molecule has 2 aromatic heterocycles. The van der Waals surface area contributed by atoms with Crippen LogP contribution in [0.1, 0.15) is 54.4 Å². The van der Waals surface area contributed by atoms with Crippen molar-refractivity contribution in [2.45, 2.75) is 39.5 Å². The van der Waals surface area contributed by atoms with Crippen LogP contribution in [0.4, 0.5) is 0 Å². The van der Waals surface area contributed by atoms with Gasteiger partial charge in [0.2, 0.25) is 0 Å². The highest BCUT2D eigenvalue weighted by atomic mass is 16.5. The third kappa shape index (κ3) is 3.37. The number of nitrogens with zero attached hydrogens (tertiary/aromatic N) is 2. The molecule has 0 aromatic carbocycles. The van der Waals surface area contributed by atoms with Gasteiger partial charge in [-0.3, -0.25) is 4.79 Å². The lowest BCUT2D eigenvalue weighted by molar-refractivity contribution is 0.0946. The zero-order valence-corrected chi connectivity index (χ0v) is 14.0. The fourth-order valence-electron chi connectivity index (χ4n) is 3.10. The van der Waals surface area contributed by atoms with Crippen LogP contribution in [0.3, 0.4) is 0 Å². The second-order valence-electron chi connectivity index (χ2n) is 6.64. The minimum absolute atomic E-state index is 0.0730. The summed E-state index contributed by atoms with van der Waals surface area (Å²) in [7, 11) is 0. The normalized spacial score (nSPS) is 18.5. The number of pyridine rings is 1. The monoisotopic (exact) mass is 316 g/mol. The Morgan fingerprint density at radius 3 is 3.04 bits per heavy atom. The number of nitrogens with one attached hydrogen (secondary N) is 2. The van der Waals surface area contributed by atoms with Crippen LogP contribution in [-0.2, 0) is 0 Å². The highest BCUT2D eigenvalue weighted by molar-refractivity contribution is 6.06. The Kier molecular flexibility index (Phi) is 4.61. The molecule has 0 spiro atoms. The summed E-state index contributed by atoms with van der Waals surface area (Å²) in [5.74, 6) is 0.601. The van der Waals surface area contributed by atoms with Gasteiger partial charge in [0.25, 0.3) is 11.6 Å². The maximum Gasteiger partial charge on any atom is 0.259 e. The van der Waals surface area contributed by atoms with E-state index in [1.165, 1.54) is 6.42 Å². The van der Waals surface area contributed by atoms with E-state index in [0.717, 1.165) is 36.3 Å². The van der Waals surface area contributed by atoms with Gasteiger partial charge in [0, 0.05) is 12.2 Å². The van der Waals surface area contributed by atoms with E-state index in [9.17, 15) is 4.79 Å². The molecule has 2 aromatic rings. The number of aryl methyl sites for hydroxylation is 1. The minimum atomic E-state index is -0.0730. The lowest BCUT2D eigenvalue weighted by Gasteiger charge is -2.23. The SMILES string of the molecule is Cc1cc(C(=O)NCC2CCCNC2)c2c(C(C)C)noc2n1. The lowest BCUT2D eigenvalue weighted by atomic mass is 9.99. The van der Waals surface area contributed by atoms with Crippen molar-refractivity contribution in [2.75, 3.05) is 19.6 Å². The average molecular weight is 316 g/mol. The first-order chi connectivity index (χ1) is 11.1. The number of hydrogen-bond donors (Lipinski definition) is 2. The van der Waals surface area contributed by atoms with Gasteiger partial charge in [-0.05, 0) is 50.8 Å². The molecule has 6 nitrogen and oxygen atoms in total. The topological polar surface area (TPSA) is 80.0 Å². The van der Waals surface area contributed by atoms with Crippen LogP contribution in [0.5, 0.6) is 0 Å². The second-order valence-corrected chi connectivity index (χ2v) is 6.64. The van der Waals surface area contributed by atoms with E-state index < -0.39 is 0 Å². The van der Waals surface area contributed by atoms with Gasteiger partial charge in [0.15, 0.2) is 0 Å². The molecule has 1 unspecified atom stereocenters. The van der Waals surface area contributed by atoms with E-state index >= 15 is 0 Å². The van der Waals surface area contributed by atoms with Crippen molar-refractivity contribution in [3.05, 3.63) is 23.0 Å². The van der Waals surface area contributed by atoms with Crippen LogP contribution >= 0.6 is 0 Å². The molecule has 0 saturated carbocycles. The zero-order valence-electron chi connectivity index (χ0n) is 14.0. The highest BCUT2D eigenvalue weighted by Crippen LogP contribution is 2.27. The fraction of sp³-hybridized carbons (Fsp3) is 0.588. The summed E-state index contributed by atoms with van der Waals surface area (Å²) >= 11 is 0. The first-order valence-corrected chi connectivity index (χ1v) is 8.32. The molecule has 2 N–H and O–H groups in total. The third-order valence-electron chi connectivity index (χ3n) is 4.34. The molecule has 6 heteroatoms. The number of fused-ring (bicyclic) bond motifs is 1. The molecular weight excluding hydrogens is 292 g/mol. The second kappa shape index (κ2) is 6.66. The molecule has 23 heavy (non-hydrogen) atoms. The Hall–Kier alpha value is -1.95. The molecule has 0 aliphatic carbocycles. The Labute approximate surface area is 136 Å². The zero-order chi connectivity index (χ0) is 16.4. The number of hydrogen-bond acceptors (Lipinski definition) is 5. The summed E-state index contributed by atoms with van der Waals surface area (Å²) in [6.45, 7) is 8.66. The predicted molar refractivity (Wildman–Crippen MR) is 88.6 cm³/mol. The van der Waals surface area contributed by atoms with Crippen LogP contribution in [-0.4, -0.2) is 35.7 Å². The predicted octanol–water partition coefficient (Wildman–Crippen LogP) is 2.38. The first-order valence-electron chi connectivity index (χ1n) is 8.32. The van der Waals surface area contributed by atoms with Crippen LogP contribution < -0.4 is 10.6 Å². The lowest BCUT2D eigenvalue weighted by Crippen LogP contribution is -2.38. The van der Waals surface area contributed by atoms with Gasteiger partial charge < -0.3 is 15.2 Å². The number of rotatable bonds is 4. The van der Waals surface area contributed by atoms with Gasteiger partial charge in [0.1, 0.15) is 0 Å². The Balaban J connectivity index is 1.85. The molecule has 1 atom stereocenters. The smallest absolute Gasteiger partial charge is 0.259 e. The Bertz CT molecular complexity index is 702. The van der Waals surface area contributed by atoms with Crippen molar-refractivity contribution in [1.29, 1.82) is 0 Å². The van der Waals surface area contributed by atoms with Crippen LogP contribution in [0.25, 0.3) is 11.1 Å². The molecular formula is C17H24N4O2. The summed E-state index contributed by atoms with van der Waals surface area (Å²) in [6.07, 6.45) is 2.32. The van der Waals surface area contributed by atoms with Crippen molar-refractivity contribution in [3.8, 4) is 0 Å². The molecule has 1 fully saturated rings. The molecule has 3 heterocycles. The van der Waals surface area contributed by atoms with Crippen LogP contribution in [0, 0.1) is 12.8 Å². The largest absolute Gasteiger partial charge is 0.352 e. The van der Waals surface area contributed by atoms with Gasteiger partial charge in [-0.2, -0.15) is 0 Å². The fourth-order valence-corrected chi connectivity index (χ4v) is 3.10. The van der Waals surface area contributed by atoms with E-state index in [2.05, 4.69) is 20.8 Å². The van der Waals surface area contributed by atoms with Crippen molar-refractivity contribution < 1.29 is 9.32 Å². The van der Waals surface area contributed by atoms with Crippen molar-refractivity contribution in [2.24, 2.45) is 5.92 Å². The number of piperidine rings is 1. The van der Waals surface area contributed by atoms with E-state index in [0.29, 0.717) is 23.7 Å². The van der Waals surface area contributed by atoms with E-state index in [1.54, 1.807) is 0 Å². The summed E-state index contributed by atoms with van der Waals surface area (Å²) < 4.78 is 5.33. The van der Waals surface area contributed by atoms with Crippen molar-refractivity contribution in [3.63, 3.8) is 0 Å². The number of carbonyl (C=O) groups excluding carboxylic acids is 1. The maximum atomic E-state index is 12.7. The van der Waals surface area contributed by atoms with E-state index in [4.69, 9.17) is 4.52 Å². The maximum absolute atomic E-state index is 12.7. The van der Waals surface area contributed by atoms with E-state index in [1.807, 2.05) is 26.8 Å². The molecule has 1 aliphatic heterocycles. The summed E-state index contributed by atoms with van der Waals surface area (Å²) in [5.41, 5.74) is 2.60. The molecule has 3 rings (SSSR count). The number of carbonyl (C=O) groups is 1. The average Bonchev–Trinajstić information content (AvgIpc) is 2.96. The Morgan fingerprint density at radius 2 is 2.35 bits per heavy atom. The standard InChI is InChI=1S/C17H24N4O2/c1-10(2)15-14-13(7-11(3)20-17(14)23-21-15)16(22)19-9-12-5-4-6-18-8-12/h7,10,12,18H,4-6,8-9H2,1-3H3,(H,19,22). The summed E-state index contributed by atoms with van der Waals surface area (Å²) in [5, 5.41) is 11.3. The van der Waals surface area contributed by atoms with Crippen molar-refractivity contribution in [1.82, 2.24) is 20.8 Å². The summed E-state index contributed by atoms with van der Waals surface area (Å²) in [6, 6.07) is 1.82. The van der Waals surface area contributed by atoms with E-state index in [-0.39, 0.29) is 11.8 Å². The Morgan fingerprint density at radius 1 is 1.52 bits per heavy atom. The highest BCUT2D eigenvalue weighted by Gasteiger charge is 2.22. The molecule has 124 valence electrons. The van der Waals surface area contributed by atoms with Gasteiger partial charge in [0.05, 0.1) is 16.6 Å².